The SMILES string of the molecule is COc1ccc(N[C@@H](CC(=O)OC(C)(C)C)c2occc2S(=O)c2ccc(C)cc2)cc1. The van der Waals surface area contributed by atoms with Crippen LogP contribution < -0.4 is 10.1 Å². The molecule has 0 bridgehead atoms. The van der Waals surface area contributed by atoms with Crippen molar-refractivity contribution in [3.8, 4) is 5.75 Å². The zero-order chi connectivity index (χ0) is 23.3. The maximum absolute atomic E-state index is 13.3. The van der Waals surface area contributed by atoms with Crippen molar-refractivity contribution in [3.63, 3.8) is 0 Å². The van der Waals surface area contributed by atoms with E-state index in [0.717, 1.165) is 17.0 Å². The average molecular weight is 456 g/mol. The number of benzene rings is 2. The number of hydrogen-bond acceptors (Lipinski definition) is 6. The van der Waals surface area contributed by atoms with E-state index in [1.54, 1.807) is 13.2 Å². The number of hydrogen-bond donors (Lipinski definition) is 1. The first-order chi connectivity index (χ1) is 15.2. The van der Waals surface area contributed by atoms with Gasteiger partial charge in [-0.3, -0.25) is 4.79 Å². The van der Waals surface area contributed by atoms with E-state index in [-0.39, 0.29) is 12.4 Å². The Balaban J connectivity index is 1.92. The maximum Gasteiger partial charge on any atom is 0.308 e. The Bertz CT molecular complexity index is 1060. The van der Waals surface area contributed by atoms with Crippen LogP contribution in [0.5, 0.6) is 5.75 Å². The molecule has 0 spiro atoms. The van der Waals surface area contributed by atoms with Gasteiger partial charge in [-0.2, -0.15) is 0 Å². The largest absolute Gasteiger partial charge is 0.497 e. The molecule has 0 aliphatic carbocycles. The van der Waals surface area contributed by atoms with Crippen molar-refractivity contribution in [1.82, 2.24) is 0 Å². The fourth-order valence-corrected chi connectivity index (χ4v) is 4.34. The van der Waals surface area contributed by atoms with Crippen LogP contribution in [-0.2, 0) is 20.3 Å². The number of anilines is 1. The molecular weight excluding hydrogens is 426 g/mol. The number of esters is 1. The summed E-state index contributed by atoms with van der Waals surface area (Å²) in [5.74, 6) is 0.774. The average Bonchev–Trinajstić information content (AvgIpc) is 3.22. The van der Waals surface area contributed by atoms with Crippen molar-refractivity contribution in [2.24, 2.45) is 0 Å². The van der Waals surface area contributed by atoms with Crippen molar-refractivity contribution in [2.75, 3.05) is 12.4 Å². The molecule has 3 rings (SSSR count). The van der Waals surface area contributed by atoms with E-state index in [1.165, 1.54) is 6.26 Å². The smallest absolute Gasteiger partial charge is 0.308 e. The minimum absolute atomic E-state index is 0.00884. The lowest BCUT2D eigenvalue weighted by molar-refractivity contribution is -0.155. The highest BCUT2D eigenvalue weighted by molar-refractivity contribution is 7.85. The molecule has 32 heavy (non-hydrogen) atoms. The van der Waals surface area contributed by atoms with Gasteiger partial charge in [-0.15, -0.1) is 0 Å². The number of ether oxygens (including phenoxy) is 2. The van der Waals surface area contributed by atoms with Crippen molar-refractivity contribution in [2.45, 2.75) is 55.5 Å². The van der Waals surface area contributed by atoms with Crippen LogP contribution in [0.4, 0.5) is 5.69 Å². The second kappa shape index (κ2) is 10.0. The van der Waals surface area contributed by atoms with Crippen LogP contribution in [0.2, 0.25) is 0 Å². The molecule has 1 aromatic heterocycles. The molecule has 3 aromatic rings. The molecule has 0 saturated heterocycles. The molecule has 7 heteroatoms. The van der Waals surface area contributed by atoms with Crippen molar-refractivity contribution >= 4 is 22.5 Å². The van der Waals surface area contributed by atoms with Gasteiger partial charge in [0.1, 0.15) is 17.1 Å². The van der Waals surface area contributed by atoms with Gasteiger partial charge in [-0.1, -0.05) is 17.7 Å². The first kappa shape index (κ1) is 23.6. The molecule has 1 N–H and O–H groups in total. The van der Waals surface area contributed by atoms with E-state index in [2.05, 4.69) is 5.32 Å². The number of carbonyl (C=O) groups excluding carboxylic acids is 1. The number of rotatable bonds is 8. The third-order valence-electron chi connectivity index (χ3n) is 4.63. The van der Waals surface area contributed by atoms with Gasteiger partial charge in [0, 0.05) is 10.6 Å². The lowest BCUT2D eigenvalue weighted by Crippen LogP contribution is -2.26. The summed E-state index contributed by atoms with van der Waals surface area (Å²) < 4.78 is 29.8. The highest BCUT2D eigenvalue weighted by Gasteiger charge is 2.28. The van der Waals surface area contributed by atoms with Crippen LogP contribution in [-0.4, -0.2) is 22.9 Å². The predicted molar refractivity (Wildman–Crippen MR) is 124 cm³/mol. The van der Waals surface area contributed by atoms with Gasteiger partial charge in [-0.25, -0.2) is 4.21 Å². The van der Waals surface area contributed by atoms with Crippen LogP contribution in [0.3, 0.4) is 0 Å². The minimum Gasteiger partial charge on any atom is -0.497 e. The summed E-state index contributed by atoms with van der Waals surface area (Å²) in [6, 6.07) is 16.0. The fraction of sp³-hybridized carbons (Fsp3) is 0.320. The van der Waals surface area contributed by atoms with Crippen molar-refractivity contribution in [1.29, 1.82) is 0 Å². The maximum atomic E-state index is 13.3. The number of nitrogens with one attached hydrogen (secondary N) is 1. The zero-order valence-corrected chi connectivity index (χ0v) is 19.8. The minimum atomic E-state index is -1.46. The molecule has 0 amide bonds. The second-order valence-corrected chi connectivity index (χ2v) is 9.90. The first-order valence-electron chi connectivity index (χ1n) is 10.3. The topological polar surface area (TPSA) is 77.8 Å². The molecule has 0 aliphatic rings. The Kier molecular flexibility index (Phi) is 7.40. The molecule has 0 radical (unpaired) electrons. The van der Waals surface area contributed by atoms with Gasteiger partial charge in [0.2, 0.25) is 0 Å². The quantitative estimate of drug-likeness (QED) is 0.442. The number of methoxy groups -OCH3 is 1. The van der Waals surface area contributed by atoms with Gasteiger partial charge >= 0.3 is 5.97 Å². The molecule has 0 fully saturated rings. The van der Waals surface area contributed by atoms with Gasteiger partial charge in [0.25, 0.3) is 0 Å². The first-order valence-corrected chi connectivity index (χ1v) is 11.5. The van der Waals surface area contributed by atoms with Crippen LogP contribution in [0.15, 0.2) is 75.1 Å². The summed E-state index contributed by atoms with van der Waals surface area (Å²) in [5, 5.41) is 3.32. The summed E-state index contributed by atoms with van der Waals surface area (Å²) in [6.07, 6.45) is 1.50. The van der Waals surface area contributed by atoms with Crippen molar-refractivity contribution in [3.05, 3.63) is 72.2 Å². The molecule has 6 nitrogen and oxygen atoms in total. The van der Waals surface area contributed by atoms with E-state index in [1.807, 2.05) is 76.2 Å². The lowest BCUT2D eigenvalue weighted by atomic mass is 10.1. The van der Waals surface area contributed by atoms with Gasteiger partial charge in [-0.05, 0) is 70.2 Å². The monoisotopic (exact) mass is 455 g/mol. The Labute approximate surface area is 191 Å². The van der Waals surface area contributed by atoms with Crippen LogP contribution in [0.25, 0.3) is 0 Å². The molecule has 0 saturated carbocycles. The Morgan fingerprint density at radius 1 is 1.06 bits per heavy atom. The number of furan rings is 1. The molecule has 1 heterocycles. The summed E-state index contributed by atoms with van der Waals surface area (Å²) in [7, 11) is 0.142. The molecule has 2 aromatic carbocycles. The summed E-state index contributed by atoms with van der Waals surface area (Å²) in [4.78, 5) is 13.8. The zero-order valence-electron chi connectivity index (χ0n) is 19.0. The molecule has 2 atom stereocenters. The Hall–Kier alpha value is -3.06. The number of carbonyl (C=O) groups is 1. The number of aryl methyl sites for hydroxylation is 1. The molecule has 170 valence electrons. The second-order valence-electron chi connectivity index (χ2n) is 8.45. The van der Waals surface area contributed by atoms with Gasteiger partial charge < -0.3 is 19.2 Å². The lowest BCUT2D eigenvalue weighted by Gasteiger charge is -2.23. The Morgan fingerprint density at radius 3 is 2.31 bits per heavy atom. The Morgan fingerprint density at radius 2 is 1.72 bits per heavy atom. The highest BCUT2D eigenvalue weighted by atomic mass is 32.2. The van der Waals surface area contributed by atoms with Crippen molar-refractivity contribution < 1.29 is 22.9 Å². The van der Waals surface area contributed by atoms with Crippen LogP contribution >= 0.6 is 0 Å². The summed E-state index contributed by atoms with van der Waals surface area (Å²) >= 11 is 0. The normalized spacial score (nSPS) is 13.3. The van der Waals surface area contributed by atoms with E-state index in [4.69, 9.17) is 13.9 Å². The van der Waals surface area contributed by atoms with Crippen LogP contribution in [0.1, 0.15) is 44.6 Å². The molecule has 0 aliphatic heterocycles. The van der Waals surface area contributed by atoms with E-state index < -0.39 is 22.4 Å². The fourth-order valence-electron chi connectivity index (χ4n) is 3.15. The van der Waals surface area contributed by atoms with Crippen LogP contribution in [0, 0.1) is 6.92 Å². The van der Waals surface area contributed by atoms with E-state index in [0.29, 0.717) is 15.6 Å². The highest BCUT2D eigenvalue weighted by Crippen LogP contribution is 2.32. The van der Waals surface area contributed by atoms with Gasteiger partial charge in [0.15, 0.2) is 0 Å². The standard InChI is InChI=1S/C25H29NO5S/c1-17-6-12-20(13-7-17)32(28)22-14-15-30-24(22)21(16-23(27)31-25(2,3)4)26-18-8-10-19(29-5)11-9-18/h6-15,21,26H,16H2,1-5H3/t21-,32?/m0/s1. The molecule has 1 unspecified atom stereocenters. The van der Waals surface area contributed by atoms with E-state index in [9.17, 15) is 9.00 Å². The predicted octanol–water partition coefficient (Wildman–Crippen LogP) is 5.65. The van der Waals surface area contributed by atoms with E-state index >= 15 is 0 Å². The summed E-state index contributed by atoms with van der Waals surface area (Å²) in [5.41, 5.74) is 1.24. The third-order valence-corrected chi connectivity index (χ3v) is 6.07. The van der Waals surface area contributed by atoms with Gasteiger partial charge in [0.05, 0.1) is 41.5 Å². The third kappa shape index (κ3) is 6.23. The summed E-state index contributed by atoms with van der Waals surface area (Å²) in [6.45, 7) is 7.44. The molecular formula is C25H29NO5S.